The van der Waals surface area contributed by atoms with Gasteiger partial charge in [0.2, 0.25) is 5.91 Å². The van der Waals surface area contributed by atoms with Gasteiger partial charge in [0, 0.05) is 24.3 Å². The number of carboxylic acids is 1. The average molecular weight is 341 g/mol. The number of carboxylic acid groups (broad SMARTS) is 1. The summed E-state index contributed by atoms with van der Waals surface area (Å²) in [6.45, 7) is 4.81. The summed E-state index contributed by atoms with van der Waals surface area (Å²) in [5, 5.41) is 13.8. The molecule has 1 N–H and O–H groups in total. The van der Waals surface area contributed by atoms with Crippen molar-refractivity contribution in [1.29, 1.82) is 0 Å². The van der Waals surface area contributed by atoms with E-state index in [1.165, 1.54) is 0 Å². The summed E-state index contributed by atoms with van der Waals surface area (Å²) >= 11 is 0. The number of likely N-dealkylation sites (tertiary alicyclic amines) is 1. The lowest BCUT2D eigenvalue weighted by molar-refractivity contribution is -0.145. The van der Waals surface area contributed by atoms with Gasteiger partial charge in [0.05, 0.1) is 23.7 Å². The number of aliphatic carboxylic acids is 1. The zero-order valence-electron chi connectivity index (χ0n) is 14.6. The number of amides is 1. The molecule has 2 aromatic rings. The largest absolute Gasteiger partial charge is 0.481 e. The topological polar surface area (TPSA) is 75.4 Å². The summed E-state index contributed by atoms with van der Waals surface area (Å²) in [7, 11) is 0. The highest BCUT2D eigenvalue weighted by Crippen LogP contribution is 2.21. The monoisotopic (exact) mass is 341 g/mol. The first-order valence-corrected chi connectivity index (χ1v) is 8.58. The fourth-order valence-corrected chi connectivity index (χ4v) is 3.42. The molecular formula is C19H23N3O3. The first-order valence-electron chi connectivity index (χ1n) is 8.58. The molecule has 1 aromatic heterocycles. The molecule has 0 radical (unpaired) electrons. The molecule has 6 heteroatoms. The lowest BCUT2D eigenvalue weighted by Crippen LogP contribution is -2.43. The van der Waals surface area contributed by atoms with E-state index < -0.39 is 11.9 Å². The average Bonchev–Trinajstić information content (AvgIpc) is 2.90. The second-order valence-electron chi connectivity index (χ2n) is 6.59. The highest BCUT2D eigenvalue weighted by molar-refractivity contribution is 5.80. The third-order valence-corrected chi connectivity index (χ3v) is 4.89. The summed E-state index contributed by atoms with van der Waals surface area (Å²) in [5.41, 5.74) is 3.67. The molecule has 25 heavy (non-hydrogen) atoms. The van der Waals surface area contributed by atoms with Crippen LogP contribution in [0, 0.1) is 19.8 Å². The molecule has 0 aliphatic carbocycles. The molecule has 1 saturated heterocycles. The summed E-state index contributed by atoms with van der Waals surface area (Å²) < 4.78 is 1.86. The molecule has 1 aliphatic heterocycles. The molecule has 1 aliphatic rings. The van der Waals surface area contributed by atoms with Gasteiger partial charge in [0.15, 0.2) is 0 Å². The number of piperidine rings is 1. The van der Waals surface area contributed by atoms with Gasteiger partial charge in [0.25, 0.3) is 0 Å². The van der Waals surface area contributed by atoms with E-state index >= 15 is 0 Å². The highest BCUT2D eigenvalue weighted by atomic mass is 16.4. The molecule has 0 spiro atoms. The minimum Gasteiger partial charge on any atom is -0.481 e. The van der Waals surface area contributed by atoms with E-state index in [9.17, 15) is 14.7 Å². The maximum atomic E-state index is 12.7. The Morgan fingerprint density at radius 1 is 1.24 bits per heavy atom. The first kappa shape index (κ1) is 17.2. The molecule has 2 heterocycles. The van der Waals surface area contributed by atoms with E-state index in [0.29, 0.717) is 19.5 Å². The normalized spacial score (nSPS) is 17.5. The van der Waals surface area contributed by atoms with Crippen molar-refractivity contribution in [3.63, 3.8) is 0 Å². The van der Waals surface area contributed by atoms with Crippen LogP contribution in [0.1, 0.15) is 29.8 Å². The summed E-state index contributed by atoms with van der Waals surface area (Å²) in [5.74, 6) is -1.29. The van der Waals surface area contributed by atoms with Gasteiger partial charge in [-0.15, -0.1) is 0 Å². The van der Waals surface area contributed by atoms with E-state index in [0.717, 1.165) is 29.1 Å². The smallest absolute Gasteiger partial charge is 0.308 e. The van der Waals surface area contributed by atoms with Crippen LogP contribution in [0.5, 0.6) is 0 Å². The van der Waals surface area contributed by atoms with E-state index in [-0.39, 0.29) is 12.3 Å². The van der Waals surface area contributed by atoms with Crippen LogP contribution in [-0.4, -0.2) is 44.8 Å². The predicted molar refractivity (Wildman–Crippen MR) is 93.7 cm³/mol. The van der Waals surface area contributed by atoms with E-state index in [1.54, 1.807) is 4.90 Å². The number of hydrogen-bond acceptors (Lipinski definition) is 3. The van der Waals surface area contributed by atoms with Gasteiger partial charge in [0.1, 0.15) is 0 Å². The fourth-order valence-electron chi connectivity index (χ4n) is 3.42. The Labute approximate surface area is 147 Å². The van der Waals surface area contributed by atoms with Crippen molar-refractivity contribution in [2.24, 2.45) is 5.92 Å². The van der Waals surface area contributed by atoms with Crippen LogP contribution in [0.15, 0.2) is 30.3 Å². The number of para-hydroxylation sites is 1. The van der Waals surface area contributed by atoms with Gasteiger partial charge < -0.3 is 10.0 Å². The van der Waals surface area contributed by atoms with Crippen molar-refractivity contribution in [1.82, 2.24) is 14.7 Å². The molecule has 0 bridgehead atoms. The third-order valence-electron chi connectivity index (χ3n) is 4.89. The SMILES string of the molecule is Cc1nn(-c2ccccc2)c(C)c1CC(=O)N1CCCC(C(=O)O)C1. The molecule has 1 atom stereocenters. The summed E-state index contributed by atoms with van der Waals surface area (Å²) in [6.07, 6.45) is 1.64. The number of aromatic nitrogens is 2. The Balaban J connectivity index is 1.78. The molecule has 3 rings (SSSR count). The van der Waals surface area contributed by atoms with Crippen molar-refractivity contribution in [3.05, 3.63) is 47.3 Å². The van der Waals surface area contributed by atoms with Crippen molar-refractivity contribution in [2.75, 3.05) is 13.1 Å². The second-order valence-corrected chi connectivity index (χ2v) is 6.59. The zero-order chi connectivity index (χ0) is 18.0. The zero-order valence-corrected chi connectivity index (χ0v) is 14.6. The van der Waals surface area contributed by atoms with Crippen LogP contribution in [0.3, 0.4) is 0 Å². The number of nitrogens with zero attached hydrogens (tertiary/aromatic N) is 3. The van der Waals surface area contributed by atoms with Crippen LogP contribution in [-0.2, 0) is 16.0 Å². The maximum absolute atomic E-state index is 12.7. The van der Waals surface area contributed by atoms with Gasteiger partial charge in [-0.3, -0.25) is 9.59 Å². The van der Waals surface area contributed by atoms with Gasteiger partial charge in [-0.25, -0.2) is 4.68 Å². The van der Waals surface area contributed by atoms with Crippen molar-refractivity contribution in [2.45, 2.75) is 33.1 Å². The number of aryl methyl sites for hydroxylation is 1. The molecular weight excluding hydrogens is 318 g/mol. The molecule has 132 valence electrons. The van der Waals surface area contributed by atoms with E-state index in [2.05, 4.69) is 5.10 Å². The number of rotatable bonds is 4. The van der Waals surface area contributed by atoms with Crippen molar-refractivity contribution < 1.29 is 14.7 Å². The lowest BCUT2D eigenvalue weighted by Gasteiger charge is -2.30. The Morgan fingerprint density at radius 3 is 2.64 bits per heavy atom. The summed E-state index contributed by atoms with van der Waals surface area (Å²) in [4.78, 5) is 25.6. The Kier molecular flexibility index (Phi) is 4.88. The van der Waals surface area contributed by atoms with Crippen molar-refractivity contribution in [3.8, 4) is 5.69 Å². The molecule has 1 unspecified atom stereocenters. The number of carbonyl (C=O) groups excluding carboxylic acids is 1. The van der Waals surface area contributed by atoms with Crippen LogP contribution >= 0.6 is 0 Å². The highest BCUT2D eigenvalue weighted by Gasteiger charge is 2.29. The molecule has 0 saturated carbocycles. The third kappa shape index (κ3) is 3.57. The van der Waals surface area contributed by atoms with E-state index in [1.807, 2.05) is 48.9 Å². The van der Waals surface area contributed by atoms with Crippen molar-refractivity contribution >= 4 is 11.9 Å². The first-order chi connectivity index (χ1) is 12.0. The maximum Gasteiger partial charge on any atom is 0.308 e. The summed E-state index contributed by atoms with van der Waals surface area (Å²) in [6, 6.07) is 9.82. The standard InChI is InChI=1S/C19H23N3O3/c1-13-17(14(2)22(20-13)16-8-4-3-5-9-16)11-18(23)21-10-6-7-15(12-21)19(24)25/h3-5,8-9,15H,6-7,10-12H2,1-2H3,(H,24,25). The Bertz CT molecular complexity index is 783. The number of benzene rings is 1. The van der Waals surface area contributed by atoms with E-state index in [4.69, 9.17) is 0 Å². The van der Waals surface area contributed by atoms with Crippen LogP contribution in [0.4, 0.5) is 0 Å². The van der Waals surface area contributed by atoms with Crippen LogP contribution < -0.4 is 0 Å². The minimum atomic E-state index is -0.818. The number of carbonyl (C=O) groups is 2. The molecule has 1 amide bonds. The fraction of sp³-hybridized carbons (Fsp3) is 0.421. The van der Waals surface area contributed by atoms with Gasteiger partial charge >= 0.3 is 5.97 Å². The molecule has 6 nitrogen and oxygen atoms in total. The van der Waals surface area contributed by atoms with Crippen LogP contribution in [0.25, 0.3) is 5.69 Å². The number of hydrogen-bond donors (Lipinski definition) is 1. The Morgan fingerprint density at radius 2 is 1.96 bits per heavy atom. The lowest BCUT2D eigenvalue weighted by atomic mass is 9.97. The van der Waals surface area contributed by atoms with Gasteiger partial charge in [-0.05, 0) is 38.8 Å². The molecule has 1 fully saturated rings. The van der Waals surface area contributed by atoms with Crippen LogP contribution in [0.2, 0.25) is 0 Å². The van der Waals surface area contributed by atoms with Gasteiger partial charge in [-0.1, -0.05) is 18.2 Å². The predicted octanol–water partition coefficient (Wildman–Crippen LogP) is 2.35. The Hall–Kier alpha value is -2.63. The second kappa shape index (κ2) is 7.09. The molecule has 1 aromatic carbocycles. The minimum absolute atomic E-state index is 0.0234. The quantitative estimate of drug-likeness (QED) is 0.926. The van der Waals surface area contributed by atoms with Gasteiger partial charge in [-0.2, -0.15) is 5.10 Å².